The van der Waals surface area contributed by atoms with Crippen molar-refractivity contribution in [1.29, 1.82) is 0 Å². The molecule has 3 fully saturated rings. The first-order valence-corrected chi connectivity index (χ1v) is 11.2. The highest BCUT2D eigenvalue weighted by molar-refractivity contribution is 5.79. The van der Waals surface area contributed by atoms with E-state index in [1.54, 1.807) is 0 Å². The van der Waals surface area contributed by atoms with Gasteiger partial charge in [0.15, 0.2) is 0 Å². The van der Waals surface area contributed by atoms with E-state index in [1.807, 2.05) is 7.11 Å². The van der Waals surface area contributed by atoms with Gasteiger partial charge in [0.05, 0.1) is 6.61 Å². The van der Waals surface area contributed by atoms with Crippen LogP contribution in [0, 0.1) is 23.2 Å². The zero-order valence-electron chi connectivity index (χ0n) is 18.1. The topological polar surface area (TPSA) is 36.0 Å². The number of carbonyl (C=O) groups excluding carboxylic acids is 1. The normalized spacial score (nSPS) is 27.7. The first-order valence-electron chi connectivity index (χ1n) is 11.2. The smallest absolute Gasteiger partial charge is 0.225 e. The van der Waals surface area contributed by atoms with Gasteiger partial charge >= 0.3 is 0 Å². The summed E-state index contributed by atoms with van der Waals surface area (Å²) in [6.07, 6.45) is 4.38. The molecule has 1 atom stereocenters. The molecule has 3 saturated heterocycles. The summed E-state index contributed by atoms with van der Waals surface area (Å²) >= 11 is 0. The molecule has 5 nitrogen and oxygen atoms in total. The van der Waals surface area contributed by atoms with E-state index in [1.165, 1.54) is 13.1 Å². The second-order valence-corrected chi connectivity index (χ2v) is 9.64. The van der Waals surface area contributed by atoms with Gasteiger partial charge in [-0.25, -0.2) is 0 Å². The van der Waals surface area contributed by atoms with Crippen LogP contribution in [0.4, 0.5) is 0 Å². The third kappa shape index (κ3) is 4.86. The summed E-state index contributed by atoms with van der Waals surface area (Å²) in [5, 5.41) is 0. The van der Waals surface area contributed by atoms with Crippen LogP contribution in [0.2, 0.25) is 0 Å². The summed E-state index contributed by atoms with van der Waals surface area (Å²) in [5.41, 5.74) is 0.354. The maximum Gasteiger partial charge on any atom is 0.225 e. The van der Waals surface area contributed by atoms with Gasteiger partial charge in [-0.15, -0.1) is 0 Å². The molecule has 0 aromatic rings. The molecule has 0 saturated carbocycles. The Morgan fingerprint density at radius 3 is 2.33 bits per heavy atom. The van der Waals surface area contributed by atoms with E-state index in [0.29, 0.717) is 23.2 Å². The SMILES string of the molecule is CCN1CCC(C(=O)N2CCC3(CC2)CN(CC(C)C)C[C@@H]3COC)CC1. The molecule has 0 aliphatic carbocycles. The summed E-state index contributed by atoms with van der Waals surface area (Å²) in [7, 11) is 1.83. The number of hydrogen-bond acceptors (Lipinski definition) is 4. The fourth-order valence-electron chi connectivity index (χ4n) is 5.72. The number of carbonyl (C=O) groups is 1. The largest absolute Gasteiger partial charge is 0.384 e. The maximum absolute atomic E-state index is 13.0. The number of methoxy groups -OCH3 is 1. The molecule has 1 spiro atoms. The molecular weight excluding hydrogens is 338 g/mol. The Labute approximate surface area is 166 Å². The van der Waals surface area contributed by atoms with Crippen LogP contribution in [0.3, 0.4) is 0 Å². The van der Waals surface area contributed by atoms with Crippen molar-refractivity contribution in [2.24, 2.45) is 23.2 Å². The van der Waals surface area contributed by atoms with Crippen LogP contribution in [0.25, 0.3) is 0 Å². The Hall–Kier alpha value is -0.650. The van der Waals surface area contributed by atoms with Crippen LogP contribution in [-0.4, -0.2) is 86.7 Å². The quantitative estimate of drug-likeness (QED) is 0.711. The van der Waals surface area contributed by atoms with Crippen molar-refractivity contribution in [1.82, 2.24) is 14.7 Å². The molecule has 27 heavy (non-hydrogen) atoms. The Kier molecular flexibility index (Phi) is 7.20. The van der Waals surface area contributed by atoms with Crippen molar-refractivity contribution in [3.63, 3.8) is 0 Å². The van der Waals surface area contributed by atoms with Crippen molar-refractivity contribution >= 4 is 5.91 Å². The van der Waals surface area contributed by atoms with E-state index in [2.05, 4.69) is 35.5 Å². The highest BCUT2D eigenvalue weighted by Gasteiger charge is 2.48. The Balaban J connectivity index is 1.55. The van der Waals surface area contributed by atoms with Gasteiger partial charge in [-0.1, -0.05) is 20.8 Å². The third-order valence-corrected chi connectivity index (χ3v) is 7.33. The highest BCUT2D eigenvalue weighted by atomic mass is 16.5. The summed E-state index contributed by atoms with van der Waals surface area (Å²) in [6.45, 7) is 16.4. The monoisotopic (exact) mass is 379 g/mol. The molecule has 0 aromatic heterocycles. The molecule has 0 radical (unpaired) electrons. The minimum atomic E-state index is 0.262. The molecule has 0 aromatic carbocycles. The van der Waals surface area contributed by atoms with E-state index in [9.17, 15) is 4.79 Å². The molecule has 0 N–H and O–H groups in total. The van der Waals surface area contributed by atoms with E-state index in [0.717, 1.165) is 71.6 Å². The second-order valence-electron chi connectivity index (χ2n) is 9.64. The molecule has 0 bridgehead atoms. The molecular formula is C22H41N3O2. The lowest BCUT2D eigenvalue weighted by Gasteiger charge is -2.44. The third-order valence-electron chi connectivity index (χ3n) is 7.33. The van der Waals surface area contributed by atoms with E-state index >= 15 is 0 Å². The molecule has 3 heterocycles. The van der Waals surface area contributed by atoms with Gasteiger partial charge in [-0.05, 0) is 56.7 Å². The molecule has 0 unspecified atom stereocenters. The number of likely N-dealkylation sites (tertiary alicyclic amines) is 3. The predicted octanol–water partition coefficient (Wildman–Crippen LogP) is 2.56. The van der Waals surface area contributed by atoms with Crippen LogP contribution >= 0.6 is 0 Å². The average molecular weight is 380 g/mol. The van der Waals surface area contributed by atoms with Crippen LogP contribution < -0.4 is 0 Å². The summed E-state index contributed by atoms with van der Waals surface area (Å²) < 4.78 is 5.58. The lowest BCUT2D eigenvalue weighted by atomic mass is 9.71. The number of piperidine rings is 2. The van der Waals surface area contributed by atoms with E-state index in [-0.39, 0.29) is 5.92 Å². The second kappa shape index (κ2) is 9.23. The van der Waals surface area contributed by atoms with Crippen molar-refractivity contribution < 1.29 is 9.53 Å². The van der Waals surface area contributed by atoms with Crippen LogP contribution in [0.15, 0.2) is 0 Å². The molecule has 3 rings (SSSR count). The minimum absolute atomic E-state index is 0.262. The van der Waals surface area contributed by atoms with Crippen molar-refractivity contribution in [2.75, 3.05) is 66.1 Å². The molecule has 156 valence electrons. The van der Waals surface area contributed by atoms with Crippen molar-refractivity contribution in [3.05, 3.63) is 0 Å². The van der Waals surface area contributed by atoms with Crippen molar-refractivity contribution in [2.45, 2.75) is 46.5 Å². The standard InChI is InChI=1S/C22H41N3O2/c1-5-23-10-6-19(7-11-23)21(26)25-12-8-22(9-13-25)17-24(14-18(2)3)15-20(22)16-27-4/h18-20H,5-17H2,1-4H3/t20-/m1/s1. The number of ether oxygens (including phenoxy) is 1. The van der Waals surface area contributed by atoms with Crippen molar-refractivity contribution in [3.8, 4) is 0 Å². The van der Waals surface area contributed by atoms with Crippen LogP contribution in [0.1, 0.15) is 46.5 Å². The fraction of sp³-hybridized carbons (Fsp3) is 0.955. The number of nitrogens with zero attached hydrogens (tertiary/aromatic N) is 3. The van der Waals surface area contributed by atoms with Gasteiger partial charge < -0.3 is 19.4 Å². The number of hydrogen-bond donors (Lipinski definition) is 0. The lowest BCUT2D eigenvalue weighted by molar-refractivity contribution is -0.140. The van der Waals surface area contributed by atoms with Gasteiger partial charge in [-0.2, -0.15) is 0 Å². The van der Waals surface area contributed by atoms with Gasteiger partial charge in [-0.3, -0.25) is 4.79 Å². The first-order chi connectivity index (χ1) is 13.0. The Morgan fingerprint density at radius 1 is 1.11 bits per heavy atom. The molecule has 3 aliphatic rings. The minimum Gasteiger partial charge on any atom is -0.384 e. The van der Waals surface area contributed by atoms with Gasteiger partial charge in [0.1, 0.15) is 0 Å². The van der Waals surface area contributed by atoms with Gasteiger partial charge in [0.25, 0.3) is 0 Å². The Morgan fingerprint density at radius 2 is 1.78 bits per heavy atom. The van der Waals surface area contributed by atoms with E-state index < -0.39 is 0 Å². The summed E-state index contributed by atoms with van der Waals surface area (Å²) in [5.74, 6) is 2.02. The average Bonchev–Trinajstić information content (AvgIpc) is 2.98. The fourth-order valence-corrected chi connectivity index (χ4v) is 5.72. The number of rotatable bonds is 6. The van der Waals surface area contributed by atoms with Gasteiger partial charge in [0, 0.05) is 51.7 Å². The van der Waals surface area contributed by atoms with E-state index in [4.69, 9.17) is 4.74 Å². The zero-order valence-corrected chi connectivity index (χ0v) is 18.1. The maximum atomic E-state index is 13.0. The van der Waals surface area contributed by atoms with Gasteiger partial charge in [0.2, 0.25) is 5.91 Å². The first kappa shape index (κ1) is 21.1. The highest BCUT2D eigenvalue weighted by Crippen LogP contribution is 2.45. The molecule has 1 amide bonds. The zero-order chi connectivity index (χ0) is 19.4. The predicted molar refractivity (Wildman–Crippen MR) is 110 cm³/mol. The lowest BCUT2D eigenvalue weighted by Crippen LogP contribution is -2.50. The summed E-state index contributed by atoms with van der Waals surface area (Å²) in [4.78, 5) is 20.3. The molecule has 5 heteroatoms. The number of amides is 1. The summed E-state index contributed by atoms with van der Waals surface area (Å²) in [6, 6.07) is 0. The van der Waals surface area contributed by atoms with Crippen LogP contribution in [-0.2, 0) is 9.53 Å². The van der Waals surface area contributed by atoms with Crippen LogP contribution in [0.5, 0.6) is 0 Å². The Bertz CT molecular complexity index is 480. The molecule has 3 aliphatic heterocycles.